The molecular formula is C13H10O2S3. The fraction of sp³-hybridized carbons (Fsp3) is 0.0769. The molecular weight excluding hydrogens is 284 g/mol. The lowest BCUT2D eigenvalue weighted by Gasteiger charge is -1.97. The molecule has 0 unspecified atom stereocenters. The number of hydrogen-bond donors (Lipinski definition) is 0. The Hall–Kier alpha value is -1.17. The minimum atomic E-state index is -3.16. The number of sulfone groups is 1. The maximum absolute atomic E-state index is 11.7. The van der Waals surface area contributed by atoms with Crippen molar-refractivity contribution in [1.29, 1.82) is 0 Å². The number of hydrogen-bond acceptors (Lipinski definition) is 4. The van der Waals surface area contributed by atoms with Crippen molar-refractivity contribution in [2.45, 2.75) is 4.90 Å². The van der Waals surface area contributed by atoms with E-state index in [1.54, 1.807) is 17.4 Å². The van der Waals surface area contributed by atoms with E-state index in [2.05, 4.69) is 12.1 Å². The molecule has 0 aliphatic heterocycles. The summed E-state index contributed by atoms with van der Waals surface area (Å²) in [5, 5.41) is 2.99. The highest BCUT2D eigenvalue weighted by Crippen LogP contribution is 2.39. The molecule has 18 heavy (non-hydrogen) atoms. The third-order valence-corrected chi connectivity index (χ3v) is 6.16. The second kappa shape index (κ2) is 4.19. The lowest BCUT2D eigenvalue weighted by atomic mass is 10.2. The van der Waals surface area contributed by atoms with Crippen LogP contribution < -0.4 is 0 Å². The fourth-order valence-electron chi connectivity index (χ4n) is 1.86. The lowest BCUT2D eigenvalue weighted by molar-refractivity contribution is 0.602. The standard InChI is InChI=1S/C13H10O2S3/c1-18(14,15)12-6-7-16-13(12)11-8-9-4-2-3-5-10(9)17-11/h2-8H,1H3. The van der Waals surface area contributed by atoms with E-state index < -0.39 is 9.84 Å². The van der Waals surface area contributed by atoms with E-state index in [4.69, 9.17) is 0 Å². The Kier molecular flexibility index (Phi) is 2.77. The van der Waals surface area contributed by atoms with Gasteiger partial charge in [-0.05, 0) is 29.0 Å². The van der Waals surface area contributed by atoms with E-state index in [9.17, 15) is 8.42 Å². The van der Waals surface area contributed by atoms with E-state index >= 15 is 0 Å². The summed E-state index contributed by atoms with van der Waals surface area (Å²) in [6, 6.07) is 11.8. The van der Waals surface area contributed by atoms with E-state index in [1.807, 2.05) is 23.6 Å². The molecule has 2 heterocycles. The van der Waals surface area contributed by atoms with Gasteiger partial charge in [-0.1, -0.05) is 18.2 Å². The van der Waals surface area contributed by atoms with Gasteiger partial charge in [0.15, 0.2) is 9.84 Å². The molecule has 2 aromatic heterocycles. The molecule has 0 saturated carbocycles. The SMILES string of the molecule is CS(=O)(=O)c1ccsc1-c1cc2ccccc2s1. The third-order valence-electron chi connectivity index (χ3n) is 2.68. The highest BCUT2D eigenvalue weighted by Gasteiger charge is 2.17. The summed E-state index contributed by atoms with van der Waals surface area (Å²) in [5.41, 5.74) is 0. The maximum atomic E-state index is 11.7. The second-order valence-corrected chi connectivity index (χ2v) is 8.02. The van der Waals surface area contributed by atoms with Crippen LogP contribution in [0, 0.1) is 0 Å². The number of benzene rings is 1. The van der Waals surface area contributed by atoms with Crippen LogP contribution >= 0.6 is 22.7 Å². The highest BCUT2D eigenvalue weighted by molar-refractivity contribution is 7.91. The first-order chi connectivity index (χ1) is 8.55. The van der Waals surface area contributed by atoms with Crippen molar-refractivity contribution in [3.8, 4) is 9.75 Å². The Labute approximate surface area is 113 Å². The van der Waals surface area contributed by atoms with Gasteiger partial charge in [0.25, 0.3) is 0 Å². The average molecular weight is 294 g/mol. The lowest BCUT2D eigenvalue weighted by Crippen LogP contribution is -1.95. The molecule has 0 atom stereocenters. The zero-order valence-electron chi connectivity index (χ0n) is 9.58. The first kappa shape index (κ1) is 11.9. The van der Waals surface area contributed by atoms with Gasteiger partial charge in [-0.15, -0.1) is 22.7 Å². The first-order valence-corrected chi connectivity index (χ1v) is 8.91. The minimum absolute atomic E-state index is 0.430. The van der Waals surface area contributed by atoms with Crippen LogP contribution in [0.5, 0.6) is 0 Å². The summed E-state index contributed by atoms with van der Waals surface area (Å²) in [7, 11) is -3.16. The van der Waals surface area contributed by atoms with Crippen molar-refractivity contribution in [3.63, 3.8) is 0 Å². The maximum Gasteiger partial charge on any atom is 0.176 e. The number of rotatable bonds is 2. The Morgan fingerprint density at radius 1 is 1.11 bits per heavy atom. The summed E-state index contributed by atoms with van der Waals surface area (Å²) < 4.78 is 24.6. The molecule has 92 valence electrons. The van der Waals surface area contributed by atoms with Gasteiger partial charge in [0.2, 0.25) is 0 Å². The van der Waals surface area contributed by atoms with Gasteiger partial charge in [-0.25, -0.2) is 8.42 Å². The minimum Gasteiger partial charge on any atom is -0.224 e. The number of fused-ring (bicyclic) bond motifs is 1. The molecule has 0 aliphatic rings. The molecule has 0 N–H and O–H groups in total. The van der Waals surface area contributed by atoms with Crippen molar-refractivity contribution in [2.75, 3.05) is 6.26 Å². The Morgan fingerprint density at radius 3 is 2.61 bits per heavy atom. The fourth-order valence-corrected chi connectivity index (χ4v) is 5.36. The van der Waals surface area contributed by atoms with Crippen LogP contribution in [0.25, 0.3) is 19.8 Å². The van der Waals surface area contributed by atoms with E-state index in [-0.39, 0.29) is 0 Å². The van der Waals surface area contributed by atoms with Crippen molar-refractivity contribution >= 4 is 42.6 Å². The Balaban J connectivity index is 2.24. The Morgan fingerprint density at radius 2 is 1.89 bits per heavy atom. The van der Waals surface area contributed by atoms with Crippen LogP contribution in [0.1, 0.15) is 0 Å². The van der Waals surface area contributed by atoms with Crippen molar-refractivity contribution in [3.05, 3.63) is 41.8 Å². The molecule has 1 aromatic carbocycles. The van der Waals surface area contributed by atoms with Crippen molar-refractivity contribution in [1.82, 2.24) is 0 Å². The highest BCUT2D eigenvalue weighted by atomic mass is 32.2. The molecule has 0 saturated heterocycles. The monoisotopic (exact) mass is 294 g/mol. The second-order valence-electron chi connectivity index (χ2n) is 4.03. The molecule has 3 rings (SSSR count). The smallest absolute Gasteiger partial charge is 0.176 e. The zero-order chi connectivity index (χ0) is 12.8. The van der Waals surface area contributed by atoms with E-state index in [0.29, 0.717) is 4.90 Å². The van der Waals surface area contributed by atoms with Crippen molar-refractivity contribution in [2.24, 2.45) is 0 Å². The molecule has 0 spiro atoms. The molecule has 5 heteroatoms. The van der Waals surface area contributed by atoms with Gasteiger partial charge in [0.1, 0.15) is 0 Å². The summed E-state index contributed by atoms with van der Waals surface area (Å²) in [4.78, 5) is 2.30. The van der Waals surface area contributed by atoms with Gasteiger partial charge in [-0.3, -0.25) is 0 Å². The quantitative estimate of drug-likeness (QED) is 0.715. The topological polar surface area (TPSA) is 34.1 Å². The molecule has 0 radical (unpaired) electrons. The van der Waals surface area contributed by atoms with Gasteiger partial charge in [0, 0.05) is 15.8 Å². The predicted octanol–water partition coefficient (Wildman–Crippen LogP) is 4.03. The van der Waals surface area contributed by atoms with E-state index in [0.717, 1.165) is 15.1 Å². The third kappa shape index (κ3) is 1.98. The van der Waals surface area contributed by atoms with Crippen LogP contribution in [0.4, 0.5) is 0 Å². The number of thiophene rings is 2. The molecule has 0 aliphatic carbocycles. The Bertz CT molecular complexity index is 777. The van der Waals surface area contributed by atoms with E-state index in [1.165, 1.54) is 22.3 Å². The van der Waals surface area contributed by atoms with Crippen LogP contribution in [0.2, 0.25) is 0 Å². The van der Waals surface area contributed by atoms with Crippen LogP contribution in [0.3, 0.4) is 0 Å². The van der Waals surface area contributed by atoms with Gasteiger partial charge >= 0.3 is 0 Å². The molecule has 0 amide bonds. The zero-order valence-corrected chi connectivity index (χ0v) is 12.0. The molecule has 0 fully saturated rings. The summed E-state index contributed by atoms with van der Waals surface area (Å²) in [6.07, 6.45) is 1.26. The van der Waals surface area contributed by atoms with Gasteiger partial charge in [0.05, 0.1) is 9.77 Å². The van der Waals surface area contributed by atoms with Crippen molar-refractivity contribution < 1.29 is 8.42 Å². The van der Waals surface area contributed by atoms with Gasteiger partial charge in [-0.2, -0.15) is 0 Å². The van der Waals surface area contributed by atoms with Crippen LogP contribution in [0.15, 0.2) is 46.7 Å². The average Bonchev–Trinajstić information content (AvgIpc) is 2.94. The first-order valence-electron chi connectivity index (χ1n) is 5.32. The van der Waals surface area contributed by atoms with Crippen LogP contribution in [-0.2, 0) is 9.84 Å². The van der Waals surface area contributed by atoms with Gasteiger partial charge < -0.3 is 0 Å². The normalized spacial score (nSPS) is 12.1. The molecule has 2 nitrogen and oxygen atoms in total. The molecule has 0 bridgehead atoms. The summed E-state index contributed by atoms with van der Waals surface area (Å²) >= 11 is 3.11. The largest absolute Gasteiger partial charge is 0.224 e. The summed E-state index contributed by atoms with van der Waals surface area (Å²) in [6.45, 7) is 0. The molecule has 3 aromatic rings. The van der Waals surface area contributed by atoms with Crippen LogP contribution in [-0.4, -0.2) is 14.7 Å². The predicted molar refractivity (Wildman–Crippen MR) is 78.2 cm³/mol. The summed E-state index contributed by atoms with van der Waals surface area (Å²) in [5.74, 6) is 0.